The van der Waals surface area contributed by atoms with Crippen LogP contribution in [0.15, 0.2) is 42.6 Å². The minimum absolute atomic E-state index is 0.135. The van der Waals surface area contributed by atoms with Gasteiger partial charge in [0.1, 0.15) is 0 Å². The second-order valence-electron chi connectivity index (χ2n) is 5.18. The van der Waals surface area contributed by atoms with Gasteiger partial charge in [0.15, 0.2) is 0 Å². The van der Waals surface area contributed by atoms with Crippen molar-refractivity contribution in [3.05, 3.63) is 42.6 Å². The van der Waals surface area contributed by atoms with Gasteiger partial charge in [0.25, 0.3) is 0 Å². The Balaban J connectivity index is 2.74. The molecule has 0 bridgehead atoms. The topological polar surface area (TPSA) is 12.5 Å². The highest BCUT2D eigenvalue weighted by atomic mass is 28.3. The summed E-state index contributed by atoms with van der Waals surface area (Å²) in [6.45, 7) is 9.11. The Labute approximate surface area is 107 Å². The lowest BCUT2D eigenvalue weighted by molar-refractivity contribution is 0.0800. The third-order valence-corrected chi connectivity index (χ3v) is 4.85. The average molecular weight is 249 g/mol. The van der Waals surface area contributed by atoms with Crippen molar-refractivity contribution in [2.75, 3.05) is 20.6 Å². The summed E-state index contributed by atoms with van der Waals surface area (Å²) in [7, 11) is 2.62. The van der Waals surface area contributed by atoms with Crippen LogP contribution in [0.3, 0.4) is 0 Å². The van der Waals surface area contributed by atoms with E-state index in [9.17, 15) is 0 Å². The zero-order valence-corrected chi connectivity index (χ0v) is 12.5. The molecule has 0 saturated heterocycles. The van der Waals surface area contributed by atoms with Crippen LogP contribution < -0.4 is 5.19 Å². The van der Waals surface area contributed by atoms with E-state index in [0.29, 0.717) is 0 Å². The molecule has 0 aliphatic heterocycles. The molecule has 1 atom stereocenters. The van der Waals surface area contributed by atoms with E-state index in [0.717, 1.165) is 6.54 Å². The van der Waals surface area contributed by atoms with Crippen molar-refractivity contribution < 1.29 is 4.43 Å². The fraction of sp³-hybridized carbons (Fsp3) is 0.429. The first-order valence-corrected chi connectivity index (χ1v) is 7.66. The highest BCUT2D eigenvalue weighted by Crippen LogP contribution is 2.12. The molecule has 0 aliphatic carbocycles. The van der Waals surface area contributed by atoms with E-state index in [4.69, 9.17) is 4.43 Å². The molecule has 0 fully saturated rings. The van der Waals surface area contributed by atoms with Crippen molar-refractivity contribution >= 4 is 14.2 Å². The molecular weight excluding hydrogens is 226 g/mol. The summed E-state index contributed by atoms with van der Waals surface area (Å²) < 4.78 is 6.26. The van der Waals surface area contributed by atoms with Crippen molar-refractivity contribution in [1.82, 2.24) is 4.90 Å². The molecule has 2 nitrogen and oxygen atoms in total. The molecular formula is C14H23NOSi. The van der Waals surface area contributed by atoms with Crippen LogP contribution >= 0.6 is 0 Å². The third-order valence-electron chi connectivity index (χ3n) is 2.49. The lowest BCUT2D eigenvalue weighted by Crippen LogP contribution is -2.45. The summed E-state index contributed by atoms with van der Waals surface area (Å²) in [6, 6.07) is 10.4. The van der Waals surface area contributed by atoms with Crippen molar-refractivity contribution in [3.63, 3.8) is 0 Å². The number of nitrogens with zero attached hydrogens (tertiary/aromatic N) is 1. The van der Waals surface area contributed by atoms with Crippen LogP contribution in [0.5, 0.6) is 0 Å². The van der Waals surface area contributed by atoms with Gasteiger partial charge in [-0.05, 0) is 33.1 Å². The summed E-state index contributed by atoms with van der Waals surface area (Å²) in [4.78, 5) is 2.15. The Hall–Kier alpha value is -0.903. The number of hydrogen-bond donors (Lipinski definition) is 0. The second-order valence-corrected chi connectivity index (χ2v) is 7.40. The van der Waals surface area contributed by atoms with E-state index in [1.54, 1.807) is 0 Å². The minimum atomic E-state index is -1.52. The smallest absolute Gasteiger partial charge is 0.232 e. The number of likely N-dealkylation sites (N-methyl/N-ethyl adjacent to an activating group) is 1. The maximum absolute atomic E-state index is 6.26. The molecule has 1 unspecified atom stereocenters. The lowest BCUT2D eigenvalue weighted by atomic mass is 10.1. The van der Waals surface area contributed by atoms with Gasteiger partial charge in [0.05, 0.1) is 5.60 Å². The summed E-state index contributed by atoms with van der Waals surface area (Å²) in [5.41, 5.74) is 1.86. The largest absolute Gasteiger partial charge is 0.405 e. The van der Waals surface area contributed by atoms with Gasteiger partial charge in [-0.3, -0.25) is 0 Å². The minimum Gasteiger partial charge on any atom is -0.405 e. The standard InChI is InChI=1S/C14H23NOSi/c1-6-17(13-10-8-7-9-11-13)16-14(2,3)12-15(4)5/h6-11,17H,1,12H2,2-5H3. The van der Waals surface area contributed by atoms with Gasteiger partial charge < -0.3 is 9.33 Å². The normalized spacial score (nSPS) is 13.7. The Kier molecular flexibility index (Phi) is 5.12. The van der Waals surface area contributed by atoms with Gasteiger partial charge >= 0.3 is 0 Å². The first-order chi connectivity index (χ1) is 7.94. The molecule has 94 valence electrons. The Morgan fingerprint density at radius 1 is 1.29 bits per heavy atom. The molecule has 0 N–H and O–H groups in total. The van der Waals surface area contributed by atoms with E-state index >= 15 is 0 Å². The maximum Gasteiger partial charge on any atom is 0.232 e. The molecule has 0 aromatic heterocycles. The molecule has 0 saturated carbocycles. The molecule has 0 amide bonds. The van der Waals surface area contributed by atoms with Gasteiger partial charge in [-0.2, -0.15) is 0 Å². The van der Waals surface area contributed by atoms with Gasteiger partial charge in [-0.1, -0.05) is 36.0 Å². The quantitative estimate of drug-likeness (QED) is 0.712. The summed E-state index contributed by atoms with van der Waals surface area (Å²) in [5.74, 6) is 0. The van der Waals surface area contributed by atoms with Crippen LogP contribution in [-0.4, -0.2) is 40.2 Å². The molecule has 1 aromatic carbocycles. The van der Waals surface area contributed by atoms with Crippen LogP contribution in [0.4, 0.5) is 0 Å². The molecule has 0 spiro atoms. The number of benzene rings is 1. The summed E-state index contributed by atoms with van der Waals surface area (Å²) in [6.07, 6.45) is 0. The molecule has 0 radical (unpaired) electrons. The van der Waals surface area contributed by atoms with Gasteiger partial charge in [-0.25, -0.2) is 0 Å². The van der Waals surface area contributed by atoms with Crippen molar-refractivity contribution in [3.8, 4) is 0 Å². The lowest BCUT2D eigenvalue weighted by Gasteiger charge is -2.32. The van der Waals surface area contributed by atoms with E-state index < -0.39 is 9.04 Å². The second kappa shape index (κ2) is 6.14. The Morgan fingerprint density at radius 3 is 2.35 bits per heavy atom. The van der Waals surface area contributed by atoms with Crippen molar-refractivity contribution in [2.45, 2.75) is 19.4 Å². The van der Waals surface area contributed by atoms with Crippen LogP contribution in [0.1, 0.15) is 13.8 Å². The van der Waals surface area contributed by atoms with Crippen molar-refractivity contribution in [1.29, 1.82) is 0 Å². The van der Waals surface area contributed by atoms with Gasteiger partial charge in [0.2, 0.25) is 9.04 Å². The predicted octanol–water partition coefficient (Wildman–Crippen LogP) is 1.70. The molecule has 0 heterocycles. The molecule has 0 aliphatic rings. The molecule has 1 rings (SSSR count). The number of hydrogen-bond acceptors (Lipinski definition) is 2. The predicted molar refractivity (Wildman–Crippen MR) is 77.1 cm³/mol. The molecule has 3 heteroatoms. The van der Waals surface area contributed by atoms with E-state index in [2.05, 4.69) is 63.7 Å². The van der Waals surface area contributed by atoms with Gasteiger partial charge in [-0.15, -0.1) is 6.58 Å². The third kappa shape index (κ3) is 4.85. The Morgan fingerprint density at radius 2 is 1.88 bits per heavy atom. The first-order valence-electron chi connectivity index (χ1n) is 5.94. The fourth-order valence-corrected chi connectivity index (χ4v) is 3.91. The maximum atomic E-state index is 6.26. The van der Waals surface area contributed by atoms with Crippen molar-refractivity contribution in [2.24, 2.45) is 0 Å². The van der Waals surface area contributed by atoms with Crippen LogP contribution in [-0.2, 0) is 4.43 Å². The molecule has 17 heavy (non-hydrogen) atoms. The zero-order valence-electron chi connectivity index (χ0n) is 11.3. The summed E-state index contributed by atoms with van der Waals surface area (Å²) in [5, 5.41) is 1.29. The van der Waals surface area contributed by atoms with Crippen LogP contribution in [0.2, 0.25) is 0 Å². The van der Waals surface area contributed by atoms with E-state index in [1.807, 2.05) is 11.8 Å². The fourth-order valence-electron chi connectivity index (χ4n) is 2.04. The highest BCUT2D eigenvalue weighted by Gasteiger charge is 2.24. The zero-order chi connectivity index (χ0) is 12.9. The Bertz CT molecular complexity index is 348. The highest BCUT2D eigenvalue weighted by molar-refractivity contribution is 6.72. The SMILES string of the molecule is C=C[SiH](OC(C)(C)CN(C)C)c1ccccc1. The van der Waals surface area contributed by atoms with Crippen LogP contribution in [0.25, 0.3) is 0 Å². The molecule has 1 aromatic rings. The van der Waals surface area contributed by atoms with Crippen LogP contribution in [0, 0.1) is 0 Å². The van der Waals surface area contributed by atoms with Gasteiger partial charge in [0, 0.05) is 6.54 Å². The van der Waals surface area contributed by atoms with E-state index in [-0.39, 0.29) is 5.60 Å². The first kappa shape index (κ1) is 14.2. The van der Waals surface area contributed by atoms with E-state index in [1.165, 1.54) is 5.19 Å². The number of rotatable bonds is 6. The monoisotopic (exact) mass is 249 g/mol. The summed E-state index contributed by atoms with van der Waals surface area (Å²) >= 11 is 0. The average Bonchev–Trinajstić information content (AvgIpc) is 2.25.